The van der Waals surface area contributed by atoms with Gasteiger partial charge in [0.1, 0.15) is 23.3 Å². The highest BCUT2D eigenvalue weighted by molar-refractivity contribution is 9.10. The van der Waals surface area contributed by atoms with E-state index in [2.05, 4.69) is 31.0 Å². The second-order valence-corrected chi connectivity index (χ2v) is 5.51. The van der Waals surface area contributed by atoms with Crippen molar-refractivity contribution in [3.63, 3.8) is 0 Å². The number of benzene rings is 1. The third-order valence-corrected chi connectivity index (χ3v) is 3.75. The van der Waals surface area contributed by atoms with Gasteiger partial charge in [-0.3, -0.25) is 4.68 Å². The van der Waals surface area contributed by atoms with E-state index in [-0.39, 0.29) is 12.4 Å². The molecule has 108 valence electrons. The maximum absolute atomic E-state index is 13.0. The van der Waals surface area contributed by atoms with Crippen molar-refractivity contribution in [1.82, 2.24) is 19.7 Å². The number of aryl methyl sites for hydroxylation is 1. The Balaban J connectivity index is 1.86. The molecule has 2 heterocycles. The smallest absolute Gasteiger partial charge is 0.170 e. The Labute approximate surface area is 132 Å². The zero-order chi connectivity index (χ0) is 15.0. The Bertz CT molecular complexity index is 823. The van der Waals surface area contributed by atoms with Gasteiger partial charge in [0.05, 0.1) is 16.1 Å². The lowest BCUT2D eigenvalue weighted by atomic mass is 10.3. The van der Waals surface area contributed by atoms with Crippen LogP contribution in [0.1, 0.15) is 5.82 Å². The molecular formula is C13H9BrClFN4O. The third-order valence-electron chi connectivity index (χ3n) is 2.84. The van der Waals surface area contributed by atoms with Crippen LogP contribution in [0.25, 0.3) is 11.0 Å². The highest BCUT2D eigenvalue weighted by Crippen LogP contribution is 2.26. The summed E-state index contributed by atoms with van der Waals surface area (Å²) in [6.45, 7) is 0.116. The Hall–Kier alpha value is -1.73. The number of hydrogen-bond acceptors (Lipinski definition) is 4. The maximum Gasteiger partial charge on any atom is 0.170 e. The predicted octanol–water partition coefficient (Wildman–Crippen LogP) is 3.50. The molecule has 1 aromatic carbocycles. The topological polar surface area (TPSA) is 52.8 Å². The predicted molar refractivity (Wildman–Crippen MR) is 79.7 cm³/mol. The first-order valence-corrected chi connectivity index (χ1v) is 7.13. The first kappa shape index (κ1) is 14.2. The Morgan fingerprint density at radius 1 is 1.38 bits per heavy atom. The summed E-state index contributed by atoms with van der Waals surface area (Å²) in [5.41, 5.74) is 0.631. The van der Waals surface area contributed by atoms with E-state index in [1.165, 1.54) is 18.2 Å². The molecule has 5 nitrogen and oxygen atoms in total. The first-order valence-electron chi connectivity index (χ1n) is 5.96. The van der Waals surface area contributed by atoms with Crippen molar-refractivity contribution in [3.05, 3.63) is 45.7 Å². The van der Waals surface area contributed by atoms with Gasteiger partial charge in [-0.1, -0.05) is 11.6 Å². The van der Waals surface area contributed by atoms with E-state index in [0.717, 1.165) is 0 Å². The Morgan fingerprint density at radius 3 is 2.95 bits per heavy atom. The number of ether oxygens (including phenoxy) is 1. The van der Waals surface area contributed by atoms with Crippen LogP contribution in [0.5, 0.6) is 5.75 Å². The SMILES string of the molecule is Cn1ncc2c(Cl)nc(COc3ccc(F)cc3Br)nc21. The molecule has 3 aromatic rings. The van der Waals surface area contributed by atoms with Crippen LogP contribution >= 0.6 is 27.5 Å². The normalized spacial score (nSPS) is 11.0. The van der Waals surface area contributed by atoms with Gasteiger partial charge in [-0.05, 0) is 34.1 Å². The molecular weight excluding hydrogens is 363 g/mol. The van der Waals surface area contributed by atoms with Crippen molar-refractivity contribution in [3.8, 4) is 5.75 Å². The van der Waals surface area contributed by atoms with Crippen molar-refractivity contribution in [2.75, 3.05) is 0 Å². The van der Waals surface area contributed by atoms with Gasteiger partial charge < -0.3 is 4.74 Å². The van der Waals surface area contributed by atoms with Crippen LogP contribution < -0.4 is 4.74 Å². The average molecular weight is 372 g/mol. The van der Waals surface area contributed by atoms with E-state index >= 15 is 0 Å². The number of aromatic nitrogens is 4. The Kier molecular flexibility index (Phi) is 3.77. The zero-order valence-corrected chi connectivity index (χ0v) is 13.2. The molecule has 0 saturated heterocycles. The van der Waals surface area contributed by atoms with Crippen molar-refractivity contribution in [2.24, 2.45) is 7.05 Å². The van der Waals surface area contributed by atoms with Crippen LogP contribution in [0.2, 0.25) is 5.15 Å². The monoisotopic (exact) mass is 370 g/mol. The highest BCUT2D eigenvalue weighted by atomic mass is 79.9. The molecule has 0 aliphatic carbocycles. The lowest BCUT2D eigenvalue weighted by molar-refractivity contribution is 0.294. The molecule has 0 N–H and O–H groups in total. The van der Waals surface area contributed by atoms with E-state index in [1.807, 2.05) is 0 Å². The third kappa shape index (κ3) is 2.84. The van der Waals surface area contributed by atoms with Crippen LogP contribution in [-0.2, 0) is 13.7 Å². The molecule has 0 spiro atoms. The number of rotatable bonds is 3. The first-order chi connectivity index (χ1) is 10.0. The van der Waals surface area contributed by atoms with Crippen LogP contribution in [-0.4, -0.2) is 19.7 Å². The molecule has 0 aliphatic heterocycles. The van der Waals surface area contributed by atoms with Gasteiger partial charge >= 0.3 is 0 Å². The fourth-order valence-electron chi connectivity index (χ4n) is 1.83. The standard InChI is InChI=1S/C13H9BrClFN4O/c1-20-13-8(5-17-20)12(15)18-11(19-13)6-21-10-3-2-7(16)4-9(10)14/h2-5H,6H2,1H3. The summed E-state index contributed by atoms with van der Waals surface area (Å²) in [6, 6.07) is 4.18. The lowest BCUT2D eigenvalue weighted by Gasteiger charge is -2.08. The van der Waals surface area contributed by atoms with Crippen molar-refractivity contribution in [2.45, 2.75) is 6.61 Å². The molecule has 2 aromatic heterocycles. The van der Waals surface area contributed by atoms with E-state index < -0.39 is 0 Å². The summed E-state index contributed by atoms with van der Waals surface area (Å²) in [6.07, 6.45) is 1.61. The van der Waals surface area contributed by atoms with E-state index in [9.17, 15) is 4.39 Å². The molecule has 0 unspecified atom stereocenters. The molecule has 0 aliphatic rings. The van der Waals surface area contributed by atoms with E-state index in [1.54, 1.807) is 17.9 Å². The van der Waals surface area contributed by atoms with Gasteiger partial charge in [0.25, 0.3) is 0 Å². The number of nitrogens with zero attached hydrogens (tertiary/aromatic N) is 4. The van der Waals surface area contributed by atoms with Gasteiger partial charge in [0, 0.05) is 7.05 Å². The van der Waals surface area contributed by atoms with Gasteiger partial charge in [-0.25, -0.2) is 14.4 Å². The largest absolute Gasteiger partial charge is 0.484 e. The van der Waals surface area contributed by atoms with Crippen molar-refractivity contribution in [1.29, 1.82) is 0 Å². The molecule has 0 radical (unpaired) electrons. The van der Waals surface area contributed by atoms with Crippen LogP contribution in [0.3, 0.4) is 0 Å². The summed E-state index contributed by atoms with van der Waals surface area (Å²) >= 11 is 9.32. The number of hydrogen-bond donors (Lipinski definition) is 0. The van der Waals surface area contributed by atoms with E-state index in [4.69, 9.17) is 16.3 Å². The van der Waals surface area contributed by atoms with Gasteiger partial charge in [-0.2, -0.15) is 5.10 Å². The van der Waals surface area contributed by atoms with Crippen LogP contribution in [0, 0.1) is 5.82 Å². The molecule has 0 fully saturated rings. The van der Waals surface area contributed by atoms with Crippen LogP contribution in [0.15, 0.2) is 28.9 Å². The fourth-order valence-corrected chi connectivity index (χ4v) is 2.53. The number of fused-ring (bicyclic) bond motifs is 1. The second kappa shape index (κ2) is 5.57. The molecule has 21 heavy (non-hydrogen) atoms. The van der Waals surface area contributed by atoms with Crippen molar-refractivity contribution >= 4 is 38.6 Å². The minimum absolute atomic E-state index is 0.116. The quantitative estimate of drug-likeness (QED) is 0.661. The summed E-state index contributed by atoms with van der Waals surface area (Å²) < 4.78 is 20.7. The molecule has 0 saturated carbocycles. The second-order valence-electron chi connectivity index (χ2n) is 4.30. The molecule has 0 atom stereocenters. The minimum Gasteiger partial charge on any atom is -0.484 e. The molecule has 0 amide bonds. The lowest BCUT2D eigenvalue weighted by Crippen LogP contribution is -2.04. The molecule has 0 bridgehead atoms. The van der Waals surface area contributed by atoms with Crippen molar-refractivity contribution < 1.29 is 9.13 Å². The summed E-state index contributed by atoms with van der Waals surface area (Å²) in [4.78, 5) is 8.51. The molecule has 3 rings (SSSR count). The van der Waals surface area contributed by atoms with Gasteiger partial charge in [-0.15, -0.1) is 0 Å². The summed E-state index contributed by atoms with van der Waals surface area (Å²) in [5.74, 6) is 0.582. The van der Waals surface area contributed by atoms with Crippen LogP contribution in [0.4, 0.5) is 4.39 Å². The highest BCUT2D eigenvalue weighted by Gasteiger charge is 2.11. The van der Waals surface area contributed by atoms with E-state index in [0.29, 0.717) is 32.2 Å². The van der Waals surface area contributed by atoms with Gasteiger partial charge in [0.15, 0.2) is 11.5 Å². The van der Waals surface area contributed by atoms with Gasteiger partial charge in [0.2, 0.25) is 0 Å². The average Bonchev–Trinajstić information content (AvgIpc) is 2.80. The maximum atomic E-state index is 13.0. The number of halogens is 3. The minimum atomic E-state index is -0.343. The fraction of sp³-hybridized carbons (Fsp3) is 0.154. The summed E-state index contributed by atoms with van der Waals surface area (Å²) in [5, 5.41) is 5.09. The summed E-state index contributed by atoms with van der Waals surface area (Å²) in [7, 11) is 1.77. The Morgan fingerprint density at radius 2 is 2.19 bits per heavy atom. The molecule has 8 heteroatoms. The zero-order valence-electron chi connectivity index (χ0n) is 10.8.